The quantitative estimate of drug-likeness (QED) is 0.402. The van der Waals surface area contributed by atoms with Gasteiger partial charge in [-0.2, -0.15) is 5.26 Å². The molecule has 0 aliphatic rings. The van der Waals surface area contributed by atoms with Crippen LogP contribution in [-0.2, 0) is 0 Å². The third-order valence-electron chi connectivity index (χ3n) is 3.89. The molecule has 1 atom stereocenters. The molecule has 0 amide bonds. The summed E-state index contributed by atoms with van der Waals surface area (Å²) in [5.41, 5.74) is 1.19. The summed E-state index contributed by atoms with van der Waals surface area (Å²) in [5, 5.41) is 19.9. The summed E-state index contributed by atoms with van der Waals surface area (Å²) >= 11 is 0. The molecule has 0 bridgehead atoms. The van der Waals surface area contributed by atoms with E-state index in [0.717, 1.165) is 5.56 Å². The molecule has 1 unspecified atom stereocenters. The van der Waals surface area contributed by atoms with Crippen LogP contribution in [0.3, 0.4) is 0 Å². The monoisotopic (exact) mass is 293 g/mol. The molecule has 0 aliphatic heterocycles. The van der Waals surface area contributed by atoms with Crippen LogP contribution in [0, 0.1) is 11.3 Å². The van der Waals surface area contributed by atoms with Crippen LogP contribution in [0.15, 0.2) is 72.5 Å². The van der Waals surface area contributed by atoms with Crippen molar-refractivity contribution in [3.8, 4) is 6.07 Å². The van der Waals surface area contributed by atoms with Crippen molar-refractivity contribution in [2.75, 3.05) is 0 Å². The molecular weight excluding hydrogens is 274 g/mol. The highest BCUT2D eigenvalue weighted by Crippen LogP contribution is 2.29. The first kappa shape index (κ1) is 15.1. The summed E-state index contributed by atoms with van der Waals surface area (Å²) in [6.07, 6.45) is 1.70. The molecule has 0 radical (unpaired) electrons. The fourth-order valence-electron chi connectivity index (χ4n) is 2.62. The van der Waals surface area contributed by atoms with Gasteiger partial charge in [-0.1, -0.05) is 78.9 Å². The first-order valence-corrected chi connectivity index (χ1v) is 10.0. The van der Waals surface area contributed by atoms with Gasteiger partial charge in [0.05, 0.1) is 8.07 Å². The Kier molecular flexibility index (Phi) is 4.61. The van der Waals surface area contributed by atoms with Gasteiger partial charge in [0.25, 0.3) is 0 Å². The van der Waals surface area contributed by atoms with Crippen molar-refractivity contribution >= 4 is 13.3 Å². The largest absolute Gasteiger partial charge is 0.500 e. The molecule has 0 saturated carbocycles. The van der Waals surface area contributed by atoms with Crippen LogP contribution < -0.4 is 5.19 Å². The second kappa shape index (κ2) is 6.42. The number of rotatable bonds is 4. The number of benzene rings is 2. The standard InChI is InChI=1S/C18H19NOSi/c1-21(2,17-11-7-4-8-12-17)18(13-16(20)14-19)15-9-5-3-6-10-15/h3-13,18,20H,1-2H3/b16-13-. The van der Waals surface area contributed by atoms with E-state index >= 15 is 0 Å². The third kappa shape index (κ3) is 3.42. The highest BCUT2D eigenvalue weighted by atomic mass is 28.3. The van der Waals surface area contributed by atoms with E-state index in [0.29, 0.717) is 0 Å². The molecule has 0 spiro atoms. The van der Waals surface area contributed by atoms with Crippen molar-refractivity contribution in [2.45, 2.75) is 18.6 Å². The predicted octanol–water partition coefficient (Wildman–Crippen LogP) is 3.89. The van der Waals surface area contributed by atoms with Gasteiger partial charge in [-0.15, -0.1) is 0 Å². The van der Waals surface area contributed by atoms with Crippen molar-refractivity contribution < 1.29 is 5.11 Å². The number of aliphatic hydroxyl groups excluding tert-OH is 1. The first-order valence-electron chi connectivity index (χ1n) is 6.97. The molecule has 0 aliphatic carbocycles. The topological polar surface area (TPSA) is 44.0 Å². The van der Waals surface area contributed by atoms with E-state index in [9.17, 15) is 5.11 Å². The van der Waals surface area contributed by atoms with Crippen LogP contribution in [0.25, 0.3) is 0 Å². The van der Waals surface area contributed by atoms with Crippen LogP contribution >= 0.6 is 0 Å². The van der Waals surface area contributed by atoms with Crippen LogP contribution in [0.1, 0.15) is 11.1 Å². The van der Waals surface area contributed by atoms with Gasteiger partial charge < -0.3 is 5.11 Å². The van der Waals surface area contributed by atoms with Crippen LogP contribution in [-0.4, -0.2) is 13.2 Å². The number of aliphatic hydroxyl groups is 1. The van der Waals surface area contributed by atoms with Gasteiger partial charge in [0, 0.05) is 5.54 Å². The van der Waals surface area contributed by atoms with Crippen LogP contribution in [0.2, 0.25) is 13.1 Å². The molecule has 2 aromatic carbocycles. The minimum atomic E-state index is -1.92. The number of hydrogen-bond acceptors (Lipinski definition) is 2. The Morgan fingerprint density at radius 2 is 1.57 bits per heavy atom. The molecule has 2 rings (SSSR count). The van der Waals surface area contributed by atoms with E-state index in [4.69, 9.17) is 5.26 Å². The van der Waals surface area contributed by atoms with Gasteiger partial charge in [-0.05, 0) is 11.6 Å². The van der Waals surface area contributed by atoms with E-state index in [1.807, 2.05) is 42.5 Å². The predicted molar refractivity (Wildman–Crippen MR) is 89.1 cm³/mol. The summed E-state index contributed by atoms with van der Waals surface area (Å²) in [6.45, 7) is 4.53. The van der Waals surface area contributed by atoms with E-state index < -0.39 is 8.07 Å². The maximum absolute atomic E-state index is 9.72. The van der Waals surface area contributed by atoms with Crippen molar-refractivity contribution in [1.82, 2.24) is 0 Å². The van der Waals surface area contributed by atoms with Crippen LogP contribution in [0.4, 0.5) is 0 Å². The molecule has 21 heavy (non-hydrogen) atoms. The van der Waals surface area contributed by atoms with Gasteiger partial charge in [-0.3, -0.25) is 0 Å². The zero-order valence-corrected chi connectivity index (χ0v) is 13.3. The average molecular weight is 293 g/mol. The Hall–Kier alpha value is -2.31. The van der Waals surface area contributed by atoms with Crippen molar-refractivity contribution in [3.63, 3.8) is 0 Å². The van der Waals surface area contributed by atoms with E-state index in [1.54, 1.807) is 6.08 Å². The normalized spacial score (nSPS) is 13.5. The van der Waals surface area contributed by atoms with E-state index in [2.05, 4.69) is 37.4 Å². The van der Waals surface area contributed by atoms with Crippen molar-refractivity contribution in [2.24, 2.45) is 0 Å². The van der Waals surface area contributed by atoms with E-state index in [1.165, 1.54) is 5.19 Å². The zero-order chi connectivity index (χ0) is 15.3. The minimum Gasteiger partial charge on any atom is -0.500 e. The Labute approximate surface area is 127 Å². The maximum Gasteiger partial charge on any atom is 0.190 e. The maximum atomic E-state index is 9.72. The summed E-state index contributed by atoms with van der Waals surface area (Å²) in [4.78, 5) is 0. The van der Waals surface area contributed by atoms with Gasteiger partial charge >= 0.3 is 0 Å². The molecular formula is C18H19NOSi. The number of allylic oxidation sites excluding steroid dienone is 2. The summed E-state index contributed by atoms with van der Waals surface area (Å²) in [6, 6.07) is 22.3. The lowest BCUT2D eigenvalue weighted by Gasteiger charge is -2.31. The number of hydrogen-bond donors (Lipinski definition) is 1. The molecule has 0 saturated heterocycles. The Bertz CT molecular complexity index is 657. The smallest absolute Gasteiger partial charge is 0.190 e. The minimum absolute atomic E-state index is 0.0562. The SMILES string of the molecule is C[Si](C)(c1ccccc1)C(/C=C(\O)C#N)c1ccccc1. The van der Waals surface area contributed by atoms with Crippen molar-refractivity contribution in [1.29, 1.82) is 5.26 Å². The zero-order valence-electron chi connectivity index (χ0n) is 12.3. The van der Waals surface area contributed by atoms with Gasteiger partial charge in [0.15, 0.2) is 5.76 Å². The number of nitriles is 1. The summed E-state index contributed by atoms with van der Waals surface area (Å²) in [7, 11) is -1.92. The highest BCUT2D eigenvalue weighted by Gasteiger charge is 2.33. The van der Waals surface area contributed by atoms with Crippen LogP contribution in [0.5, 0.6) is 0 Å². The summed E-state index contributed by atoms with van der Waals surface area (Å²) in [5.74, 6) is -0.208. The molecule has 3 heteroatoms. The van der Waals surface area contributed by atoms with Crippen molar-refractivity contribution in [3.05, 3.63) is 78.1 Å². The molecule has 106 valence electrons. The van der Waals surface area contributed by atoms with Gasteiger partial charge in [0.2, 0.25) is 0 Å². The van der Waals surface area contributed by atoms with Gasteiger partial charge in [-0.25, -0.2) is 0 Å². The number of nitrogens with zero attached hydrogens (tertiary/aromatic N) is 1. The molecule has 0 fully saturated rings. The Morgan fingerprint density at radius 1 is 1.05 bits per heavy atom. The molecule has 0 heterocycles. The van der Waals surface area contributed by atoms with E-state index in [-0.39, 0.29) is 11.3 Å². The summed E-state index contributed by atoms with van der Waals surface area (Å²) < 4.78 is 0. The fourth-order valence-corrected chi connectivity index (χ4v) is 5.64. The molecule has 0 aromatic heterocycles. The Morgan fingerprint density at radius 3 is 2.10 bits per heavy atom. The Balaban J connectivity index is 2.53. The second-order valence-corrected chi connectivity index (χ2v) is 10.3. The lowest BCUT2D eigenvalue weighted by atomic mass is 10.1. The first-order chi connectivity index (χ1) is 10.1. The molecule has 2 aromatic rings. The molecule has 2 nitrogen and oxygen atoms in total. The lowest BCUT2D eigenvalue weighted by molar-refractivity contribution is 0.434. The third-order valence-corrected chi connectivity index (χ3v) is 7.77. The lowest BCUT2D eigenvalue weighted by Crippen LogP contribution is -2.47. The average Bonchev–Trinajstić information content (AvgIpc) is 2.53. The highest BCUT2D eigenvalue weighted by molar-refractivity contribution is 6.91. The fraction of sp³-hybridized carbons (Fsp3) is 0.167. The second-order valence-electron chi connectivity index (χ2n) is 5.64. The molecule has 1 N–H and O–H groups in total. The van der Waals surface area contributed by atoms with Gasteiger partial charge in [0.1, 0.15) is 6.07 Å².